The van der Waals surface area contributed by atoms with Crippen molar-refractivity contribution in [3.8, 4) is 19.5 Å². The molecule has 0 saturated heterocycles. The van der Waals surface area contributed by atoms with Gasteiger partial charge in [0.25, 0.3) is 0 Å². The lowest BCUT2D eigenvalue weighted by Crippen LogP contribution is -1.81. The van der Waals surface area contributed by atoms with E-state index in [0.29, 0.717) is 0 Å². The van der Waals surface area contributed by atoms with Gasteiger partial charge < -0.3 is 0 Å². The smallest absolute Gasteiger partial charge is 0.0605 e. The molecular formula is C24H32S6. The minimum Gasteiger partial charge on any atom is -0.179 e. The summed E-state index contributed by atoms with van der Waals surface area (Å²) in [4.78, 5) is 5.62. The summed E-state index contributed by atoms with van der Waals surface area (Å²) in [6.07, 6.45) is 10.6. The number of thioether (sulfide) groups is 2. The van der Waals surface area contributed by atoms with Crippen molar-refractivity contribution in [1.29, 1.82) is 0 Å². The summed E-state index contributed by atoms with van der Waals surface area (Å²) >= 11 is 14.2. The molecule has 3 rings (SSSR count). The molecule has 164 valence electrons. The second kappa shape index (κ2) is 14.3. The molecule has 0 nitrogen and oxygen atoms in total. The zero-order valence-electron chi connectivity index (χ0n) is 17.7. The molecule has 0 bridgehead atoms. The summed E-state index contributed by atoms with van der Waals surface area (Å²) < 4.78 is 2.91. The molecule has 0 radical (unpaired) electrons. The number of hydrogen-bond acceptors (Lipinski definition) is 6. The molecule has 6 heteroatoms. The third-order valence-electron chi connectivity index (χ3n) is 4.79. The molecule has 3 heterocycles. The molecule has 3 aromatic heterocycles. The van der Waals surface area contributed by atoms with Crippen LogP contribution >= 0.6 is 70.2 Å². The Kier molecular flexibility index (Phi) is 11.8. The van der Waals surface area contributed by atoms with Crippen molar-refractivity contribution < 1.29 is 0 Å². The highest BCUT2D eigenvalue weighted by Gasteiger charge is 2.10. The average Bonchev–Trinajstić information content (AvgIpc) is 3.50. The minimum atomic E-state index is 1.02. The normalized spacial score (nSPS) is 11.4. The summed E-state index contributed by atoms with van der Waals surface area (Å²) in [5.41, 5.74) is 0. The van der Waals surface area contributed by atoms with Gasteiger partial charge in [-0.05, 0) is 72.9 Å². The van der Waals surface area contributed by atoms with E-state index in [9.17, 15) is 0 Å². The highest BCUT2D eigenvalue weighted by molar-refractivity contribution is 8.01. The van der Waals surface area contributed by atoms with E-state index in [1.165, 1.54) is 90.8 Å². The van der Waals surface area contributed by atoms with Crippen LogP contribution in [0.4, 0.5) is 0 Å². The number of thiophene rings is 3. The second-order valence-electron chi connectivity index (χ2n) is 7.30. The second-order valence-corrected chi connectivity index (χ2v) is 13.8. The molecule has 0 atom stereocenters. The van der Waals surface area contributed by atoms with Gasteiger partial charge in [-0.3, -0.25) is 0 Å². The maximum Gasteiger partial charge on any atom is 0.0605 e. The highest BCUT2D eigenvalue weighted by atomic mass is 32.2. The Morgan fingerprint density at radius 3 is 1.60 bits per heavy atom. The van der Waals surface area contributed by atoms with E-state index in [2.05, 4.69) is 56.0 Å². The van der Waals surface area contributed by atoms with Crippen LogP contribution in [0, 0.1) is 0 Å². The molecule has 0 fully saturated rings. The van der Waals surface area contributed by atoms with Crippen LogP contribution in [0.2, 0.25) is 0 Å². The molecule has 0 aliphatic heterocycles. The molecule has 0 amide bonds. The molecule has 3 aromatic rings. The minimum absolute atomic E-state index is 1.02. The van der Waals surface area contributed by atoms with Crippen LogP contribution in [0.15, 0.2) is 44.8 Å². The van der Waals surface area contributed by atoms with Gasteiger partial charge in [0.05, 0.1) is 8.42 Å². The lowest BCUT2D eigenvalue weighted by Gasteiger charge is -1.99. The van der Waals surface area contributed by atoms with Gasteiger partial charge in [-0.2, -0.15) is 12.6 Å². The fourth-order valence-electron chi connectivity index (χ4n) is 3.10. The van der Waals surface area contributed by atoms with E-state index < -0.39 is 0 Å². The predicted octanol–water partition coefficient (Wildman–Crippen LogP) is 10.5. The topological polar surface area (TPSA) is 0 Å². The van der Waals surface area contributed by atoms with Crippen LogP contribution < -0.4 is 0 Å². The average molecular weight is 513 g/mol. The Balaban J connectivity index is 1.47. The lowest BCUT2D eigenvalue weighted by atomic mass is 10.2. The van der Waals surface area contributed by atoms with Crippen LogP contribution in [0.3, 0.4) is 0 Å². The van der Waals surface area contributed by atoms with E-state index in [1.807, 2.05) is 57.5 Å². The molecular weight excluding hydrogens is 481 g/mol. The van der Waals surface area contributed by atoms with E-state index >= 15 is 0 Å². The first-order valence-corrected chi connectivity index (χ1v) is 16.0. The molecule has 0 aromatic carbocycles. The highest BCUT2D eigenvalue weighted by Crippen LogP contribution is 2.43. The Morgan fingerprint density at radius 1 is 0.600 bits per heavy atom. The summed E-state index contributed by atoms with van der Waals surface area (Å²) in [7, 11) is 0. The number of hydrogen-bond donors (Lipinski definition) is 1. The Bertz CT molecular complexity index is 843. The number of rotatable bonds is 15. The first kappa shape index (κ1) is 24.8. The molecule has 30 heavy (non-hydrogen) atoms. The van der Waals surface area contributed by atoms with Crippen LogP contribution in [-0.4, -0.2) is 17.3 Å². The zero-order valence-corrected chi connectivity index (χ0v) is 22.7. The van der Waals surface area contributed by atoms with E-state index in [4.69, 9.17) is 0 Å². The molecule has 0 N–H and O–H groups in total. The molecule has 0 aliphatic rings. The monoisotopic (exact) mass is 512 g/mol. The SMILES string of the molecule is CCCCCCSc1ccc(-c2ccc(-c3ccc(SCCCCCCS)s3)s2)s1. The van der Waals surface area contributed by atoms with Crippen molar-refractivity contribution >= 4 is 70.2 Å². The summed E-state index contributed by atoms with van der Waals surface area (Å²) in [6, 6.07) is 13.8. The number of thiol groups is 1. The predicted molar refractivity (Wildman–Crippen MR) is 149 cm³/mol. The third kappa shape index (κ3) is 8.25. The Labute approximate surface area is 208 Å². The van der Waals surface area contributed by atoms with Gasteiger partial charge in [-0.15, -0.1) is 57.5 Å². The van der Waals surface area contributed by atoms with Crippen molar-refractivity contribution in [2.45, 2.75) is 66.7 Å². The zero-order chi connectivity index (χ0) is 21.0. The molecule has 0 spiro atoms. The number of unbranched alkanes of at least 4 members (excludes halogenated alkanes) is 6. The van der Waals surface area contributed by atoms with E-state index in [1.54, 1.807) is 0 Å². The van der Waals surface area contributed by atoms with Gasteiger partial charge in [-0.25, -0.2) is 0 Å². The lowest BCUT2D eigenvalue weighted by molar-refractivity contribution is 0.706. The van der Waals surface area contributed by atoms with E-state index in [0.717, 1.165) is 5.75 Å². The maximum absolute atomic E-state index is 4.29. The van der Waals surface area contributed by atoms with Crippen molar-refractivity contribution in [2.75, 3.05) is 17.3 Å². The van der Waals surface area contributed by atoms with Crippen LogP contribution in [-0.2, 0) is 0 Å². The first-order valence-electron chi connectivity index (χ1n) is 11.0. The van der Waals surface area contributed by atoms with Crippen LogP contribution in [0.5, 0.6) is 0 Å². The summed E-state index contributed by atoms with van der Waals surface area (Å²) in [6.45, 7) is 2.28. The Hall–Kier alpha value is 0.150. The fourth-order valence-corrected chi connectivity index (χ4v) is 8.93. The maximum atomic E-state index is 4.29. The van der Waals surface area contributed by atoms with Crippen LogP contribution in [0.25, 0.3) is 19.5 Å². The van der Waals surface area contributed by atoms with E-state index in [-0.39, 0.29) is 0 Å². The summed E-state index contributed by atoms with van der Waals surface area (Å²) in [5.74, 6) is 3.51. The van der Waals surface area contributed by atoms with Gasteiger partial charge in [0.1, 0.15) is 0 Å². The molecule has 0 unspecified atom stereocenters. The van der Waals surface area contributed by atoms with Crippen molar-refractivity contribution in [3.63, 3.8) is 0 Å². The standard InChI is InChI=1S/C24H32S6/c1-2-3-4-8-17-26-23-14-12-21(29-23)19-10-11-20(28-19)22-13-15-24(30-22)27-18-9-6-5-7-16-25/h10-15,25H,2-9,16-18H2,1H3. The van der Waals surface area contributed by atoms with Gasteiger partial charge in [0.15, 0.2) is 0 Å². The van der Waals surface area contributed by atoms with Gasteiger partial charge in [0, 0.05) is 19.5 Å². The third-order valence-corrected chi connectivity index (χ3v) is 11.4. The largest absolute Gasteiger partial charge is 0.179 e. The van der Waals surface area contributed by atoms with Crippen LogP contribution in [0.1, 0.15) is 58.3 Å². The van der Waals surface area contributed by atoms with Gasteiger partial charge in [-0.1, -0.05) is 39.0 Å². The summed E-state index contributed by atoms with van der Waals surface area (Å²) in [5, 5.41) is 0. The van der Waals surface area contributed by atoms with Gasteiger partial charge in [0.2, 0.25) is 0 Å². The quantitative estimate of drug-likeness (QED) is 0.122. The first-order chi connectivity index (χ1) is 14.8. The van der Waals surface area contributed by atoms with Crippen molar-refractivity contribution in [1.82, 2.24) is 0 Å². The van der Waals surface area contributed by atoms with Crippen molar-refractivity contribution in [3.05, 3.63) is 36.4 Å². The fraction of sp³-hybridized carbons (Fsp3) is 0.500. The van der Waals surface area contributed by atoms with Crippen molar-refractivity contribution in [2.24, 2.45) is 0 Å². The molecule has 0 aliphatic carbocycles. The van der Waals surface area contributed by atoms with Gasteiger partial charge >= 0.3 is 0 Å². The molecule has 0 saturated carbocycles. The Morgan fingerprint density at radius 2 is 1.07 bits per heavy atom.